The van der Waals surface area contributed by atoms with Gasteiger partial charge in [-0.25, -0.2) is 9.97 Å². The molecule has 19 heavy (non-hydrogen) atoms. The molecule has 0 aliphatic rings. The van der Waals surface area contributed by atoms with Crippen LogP contribution >= 0.6 is 0 Å². The summed E-state index contributed by atoms with van der Waals surface area (Å²) < 4.78 is 5.07. The van der Waals surface area contributed by atoms with Crippen LogP contribution in [0, 0.1) is 13.8 Å². The van der Waals surface area contributed by atoms with E-state index in [4.69, 9.17) is 4.42 Å². The highest BCUT2D eigenvalue weighted by Crippen LogP contribution is 2.03. The van der Waals surface area contributed by atoms with Gasteiger partial charge >= 0.3 is 0 Å². The number of nitrogens with zero attached hydrogens (tertiary/aromatic N) is 2. The normalized spacial score (nSPS) is 10.6. The lowest BCUT2D eigenvalue weighted by atomic mass is 10.4. The van der Waals surface area contributed by atoms with Crippen LogP contribution in [-0.2, 0) is 4.79 Å². The topological polar surface area (TPSA) is 80.0 Å². The van der Waals surface area contributed by atoms with Gasteiger partial charge in [-0.3, -0.25) is 15.6 Å². The van der Waals surface area contributed by atoms with Crippen LogP contribution < -0.4 is 10.9 Å². The molecule has 6 nitrogen and oxygen atoms in total. The first-order chi connectivity index (χ1) is 9.13. The van der Waals surface area contributed by atoms with Gasteiger partial charge in [0, 0.05) is 17.5 Å². The van der Waals surface area contributed by atoms with Gasteiger partial charge in [0.1, 0.15) is 5.76 Å². The average Bonchev–Trinajstić information content (AvgIpc) is 2.86. The zero-order valence-corrected chi connectivity index (χ0v) is 10.7. The van der Waals surface area contributed by atoms with Crippen LogP contribution in [0.25, 0.3) is 6.08 Å². The molecule has 0 spiro atoms. The van der Waals surface area contributed by atoms with E-state index in [1.165, 1.54) is 6.08 Å². The van der Waals surface area contributed by atoms with Crippen molar-refractivity contribution in [1.82, 2.24) is 15.4 Å². The second-order valence-electron chi connectivity index (χ2n) is 3.94. The predicted octanol–water partition coefficient (Wildman–Crippen LogP) is 1.84. The van der Waals surface area contributed by atoms with Crippen LogP contribution in [0.3, 0.4) is 0 Å². The molecule has 0 radical (unpaired) electrons. The third kappa shape index (κ3) is 3.95. The molecule has 2 N–H and O–H groups in total. The third-order valence-electron chi connectivity index (χ3n) is 2.22. The fraction of sp³-hybridized carbons (Fsp3) is 0.154. The van der Waals surface area contributed by atoms with Gasteiger partial charge in [-0.1, -0.05) is 0 Å². The number of rotatable bonds is 4. The number of nitrogens with one attached hydrogen (secondary N) is 2. The Morgan fingerprint density at radius 3 is 2.68 bits per heavy atom. The Hall–Kier alpha value is -2.63. The summed E-state index contributed by atoms with van der Waals surface area (Å²) in [5.74, 6) is 0.647. The Balaban J connectivity index is 1.89. The number of amides is 1. The van der Waals surface area contributed by atoms with Gasteiger partial charge in [-0.2, -0.15) is 0 Å². The summed E-state index contributed by atoms with van der Waals surface area (Å²) in [6.45, 7) is 3.72. The minimum Gasteiger partial charge on any atom is -0.465 e. The van der Waals surface area contributed by atoms with Crippen molar-refractivity contribution >= 4 is 17.9 Å². The van der Waals surface area contributed by atoms with Crippen molar-refractivity contribution in [2.75, 3.05) is 5.43 Å². The lowest BCUT2D eigenvalue weighted by Gasteiger charge is -2.06. The van der Waals surface area contributed by atoms with Crippen molar-refractivity contribution in [1.29, 1.82) is 0 Å². The minimum absolute atomic E-state index is 0.320. The minimum atomic E-state index is -0.320. The SMILES string of the molecule is Cc1cc(C)nc(NNC(=O)/C=C/c2ccco2)n1. The summed E-state index contributed by atoms with van der Waals surface area (Å²) in [4.78, 5) is 19.8. The van der Waals surface area contributed by atoms with E-state index in [1.807, 2.05) is 19.9 Å². The van der Waals surface area contributed by atoms with E-state index in [0.29, 0.717) is 11.7 Å². The molecule has 0 atom stereocenters. The van der Waals surface area contributed by atoms with Gasteiger partial charge in [0.2, 0.25) is 5.95 Å². The van der Waals surface area contributed by atoms with Gasteiger partial charge in [0.25, 0.3) is 5.91 Å². The van der Waals surface area contributed by atoms with E-state index >= 15 is 0 Å². The summed E-state index contributed by atoms with van der Waals surface area (Å²) in [7, 11) is 0. The molecule has 1 amide bonds. The van der Waals surface area contributed by atoms with Crippen molar-refractivity contribution in [2.24, 2.45) is 0 Å². The van der Waals surface area contributed by atoms with Gasteiger partial charge in [0.05, 0.1) is 6.26 Å². The summed E-state index contributed by atoms with van der Waals surface area (Å²) in [6.07, 6.45) is 4.47. The molecule has 0 unspecified atom stereocenters. The average molecular weight is 258 g/mol. The lowest BCUT2D eigenvalue weighted by Crippen LogP contribution is -2.28. The number of aryl methyl sites for hydroxylation is 2. The molecule has 2 heterocycles. The van der Waals surface area contributed by atoms with E-state index in [-0.39, 0.29) is 5.91 Å². The number of furan rings is 1. The van der Waals surface area contributed by atoms with Gasteiger partial charge in [0.15, 0.2) is 0 Å². The van der Waals surface area contributed by atoms with Crippen molar-refractivity contribution in [3.8, 4) is 0 Å². The van der Waals surface area contributed by atoms with Crippen molar-refractivity contribution < 1.29 is 9.21 Å². The number of hydrogen-bond donors (Lipinski definition) is 2. The molecule has 2 aromatic rings. The molecule has 0 aliphatic carbocycles. The maximum Gasteiger partial charge on any atom is 0.262 e. The van der Waals surface area contributed by atoms with Crippen LogP contribution in [0.1, 0.15) is 17.1 Å². The number of carbonyl (C=O) groups excluding carboxylic acids is 1. The highest BCUT2D eigenvalue weighted by molar-refractivity contribution is 5.91. The predicted molar refractivity (Wildman–Crippen MR) is 71.0 cm³/mol. The molecule has 2 rings (SSSR count). The Bertz CT molecular complexity index is 570. The molecule has 2 aromatic heterocycles. The van der Waals surface area contributed by atoms with E-state index in [1.54, 1.807) is 24.5 Å². The standard InChI is InChI=1S/C13H14N4O2/c1-9-8-10(2)15-13(14-9)17-16-12(18)6-5-11-4-3-7-19-11/h3-8H,1-2H3,(H,16,18)(H,14,15,17)/b6-5+. The maximum atomic E-state index is 11.5. The number of carbonyl (C=O) groups is 1. The molecule has 0 aliphatic heterocycles. The molecular weight excluding hydrogens is 244 g/mol. The zero-order chi connectivity index (χ0) is 13.7. The largest absolute Gasteiger partial charge is 0.465 e. The van der Waals surface area contributed by atoms with E-state index in [9.17, 15) is 4.79 Å². The molecule has 6 heteroatoms. The smallest absolute Gasteiger partial charge is 0.262 e. The number of hydrazine groups is 1. The summed E-state index contributed by atoms with van der Waals surface area (Å²) in [5.41, 5.74) is 6.78. The highest BCUT2D eigenvalue weighted by atomic mass is 16.3. The molecular formula is C13H14N4O2. The molecule has 0 saturated carbocycles. The zero-order valence-electron chi connectivity index (χ0n) is 10.7. The van der Waals surface area contributed by atoms with Gasteiger partial charge in [-0.05, 0) is 38.1 Å². The monoisotopic (exact) mass is 258 g/mol. The van der Waals surface area contributed by atoms with Crippen molar-refractivity contribution in [3.05, 3.63) is 47.7 Å². The van der Waals surface area contributed by atoms with Crippen molar-refractivity contribution in [3.63, 3.8) is 0 Å². The Kier molecular flexibility index (Phi) is 3.92. The highest BCUT2D eigenvalue weighted by Gasteiger charge is 2.00. The van der Waals surface area contributed by atoms with Crippen molar-refractivity contribution in [2.45, 2.75) is 13.8 Å². The lowest BCUT2D eigenvalue weighted by molar-refractivity contribution is -0.116. The van der Waals surface area contributed by atoms with Crippen LogP contribution in [0.2, 0.25) is 0 Å². The Morgan fingerprint density at radius 2 is 2.05 bits per heavy atom. The van der Waals surface area contributed by atoms with Crippen LogP contribution in [0.5, 0.6) is 0 Å². The summed E-state index contributed by atoms with van der Waals surface area (Å²) in [6, 6.07) is 5.35. The van der Waals surface area contributed by atoms with Crippen LogP contribution in [-0.4, -0.2) is 15.9 Å². The Morgan fingerprint density at radius 1 is 1.32 bits per heavy atom. The first kappa shape index (κ1) is 12.8. The first-order valence-corrected chi connectivity index (χ1v) is 5.73. The van der Waals surface area contributed by atoms with E-state index < -0.39 is 0 Å². The van der Waals surface area contributed by atoms with E-state index in [0.717, 1.165) is 11.4 Å². The number of aromatic nitrogens is 2. The van der Waals surface area contributed by atoms with Crippen LogP contribution in [0.15, 0.2) is 35.0 Å². The fourth-order valence-corrected chi connectivity index (χ4v) is 1.48. The quantitative estimate of drug-likeness (QED) is 0.646. The van der Waals surface area contributed by atoms with Gasteiger partial charge < -0.3 is 4.42 Å². The maximum absolute atomic E-state index is 11.5. The molecule has 0 aromatic carbocycles. The van der Waals surface area contributed by atoms with E-state index in [2.05, 4.69) is 20.8 Å². The molecule has 0 fully saturated rings. The van der Waals surface area contributed by atoms with Gasteiger partial charge in [-0.15, -0.1) is 0 Å². The molecule has 0 saturated heterocycles. The molecule has 98 valence electrons. The third-order valence-corrected chi connectivity index (χ3v) is 2.22. The summed E-state index contributed by atoms with van der Waals surface area (Å²) >= 11 is 0. The summed E-state index contributed by atoms with van der Waals surface area (Å²) in [5, 5.41) is 0. The van der Waals surface area contributed by atoms with Crippen LogP contribution in [0.4, 0.5) is 5.95 Å². The second kappa shape index (κ2) is 5.81. The number of anilines is 1. The molecule has 0 bridgehead atoms. The second-order valence-corrected chi connectivity index (χ2v) is 3.94. The Labute approximate surface area is 110 Å². The number of hydrogen-bond acceptors (Lipinski definition) is 5. The fourth-order valence-electron chi connectivity index (χ4n) is 1.48. The first-order valence-electron chi connectivity index (χ1n) is 5.73.